The number of likely N-dealkylation sites (N-methyl/N-ethyl adjacent to an activating group) is 1. The summed E-state index contributed by atoms with van der Waals surface area (Å²) >= 11 is 0. The molecule has 0 fully saturated rings. The van der Waals surface area contributed by atoms with Crippen molar-refractivity contribution in [3.8, 4) is 0 Å². The largest absolute Gasteiger partial charge is 0.310 e. The molecule has 92 valence electrons. The van der Waals surface area contributed by atoms with Crippen molar-refractivity contribution in [3.63, 3.8) is 0 Å². The number of nitrogens with one attached hydrogen (secondary N) is 1. The lowest BCUT2D eigenvalue weighted by Gasteiger charge is -2.20. The van der Waals surface area contributed by atoms with E-state index in [1.54, 1.807) is 0 Å². The zero-order chi connectivity index (χ0) is 12.4. The fourth-order valence-electron chi connectivity index (χ4n) is 1.98. The van der Waals surface area contributed by atoms with E-state index in [0.717, 1.165) is 19.4 Å². The highest BCUT2D eigenvalue weighted by Crippen LogP contribution is 2.19. The van der Waals surface area contributed by atoms with Crippen LogP contribution in [0, 0.1) is 0 Å². The normalized spacial score (nSPS) is 15.0. The molecule has 1 atom stereocenters. The first-order valence-electron chi connectivity index (χ1n) is 6.46. The van der Waals surface area contributed by atoms with Crippen LogP contribution in [0.15, 0.2) is 36.0 Å². The molecule has 0 saturated carbocycles. The van der Waals surface area contributed by atoms with E-state index in [2.05, 4.69) is 51.7 Å². The Labute approximate surface area is 101 Å². The van der Waals surface area contributed by atoms with E-state index in [9.17, 15) is 0 Å². The van der Waals surface area contributed by atoms with E-state index in [4.69, 9.17) is 0 Å². The Morgan fingerprint density at radius 3 is 2.38 bits per heavy atom. The van der Waals surface area contributed by atoms with Gasteiger partial charge in [0.05, 0.1) is 0 Å². The van der Waals surface area contributed by atoms with Crippen LogP contribution in [0.1, 0.15) is 47.0 Å². The molecular formula is C15H27N. The van der Waals surface area contributed by atoms with Crippen LogP contribution in [0.5, 0.6) is 0 Å². The summed E-state index contributed by atoms with van der Waals surface area (Å²) in [4.78, 5) is 0. The Kier molecular flexibility index (Phi) is 8.93. The maximum Gasteiger partial charge on any atom is 0.0320 e. The molecule has 0 spiro atoms. The maximum atomic E-state index is 3.94. The zero-order valence-corrected chi connectivity index (χ0v) is 11.3. The van der Waals surface area contributed by atoms with Gasteiger partial charge in [-0.25, -0.2) is 0 Å². The highest BCUT2D eigenvalue weighted by Gasteiger charge is 2.11. The summed E-state index contributed by atoms with van der Waals surface area (Å²) in [6, 6.07) is 0.459. The van der Waals surface area contributed by atoms with Gasteiger partial charge in [-0.15, -0.1) is 0 Å². The molecule has 0 radical (unpaired) electrons. The molecule has 0 aliphatic rings. The molecule has 1 N–H and O–H groups in total. The van der Waals surface area contributed by atoms with Crippen molar-refractivity contribution >= 4 is 0 Å². The van der Waals surface area contributed by atoms with Gasteiger partial charge in [0.2, 0.25) is 0 Å². The Balaban J connectivity index is 5.11. The molecular weight excluding hydrogens is 194 g/mol. The van der Waals surface area contributed by atoms with Crippen LogP contribution < -0.4 is 5.32 Å². The van der Waals surface area contributed by atoms with Crippen LogP contribution >= 0.6 is 0 Å². The van der Waals surface area contributed by atoms with Crippen LogP contribution in [0.2, 0.25) is 0 Å². The van der Waals surface area contributed by atoms with Crippen molar-refractivity contribution in [2.45, 2.75) is 53.0 Å². The summed E-state index contributed by atoms with van der Waals surface area (Å²) in [5.74, 6) is 0. The molecule has 0 aliphatic heterocycles. The minimum Gasteiger partial charge on any atom is -0.310 e. The molecule has 1 unspecified atom stereocenters. The van der Waals surface area contributed by atoms with Crippen molar-refractivity contribution in [3.05, 3.63) is 36.0 Å². The van der Waals surface area contributed by atoms with E-state index >= 15 is 0 Å². The van der Waals surface area contributed by atoms with Crippen LogP contribution in [-0.4, -0.2) is 12.6 Å². The predicted molar refractivity (Wildman–Crippen MR) is 74.7 cm³/mol. The summed E-state index contributed by atoms with van der Waals surface area (Å²) in [7, 11) is 0. The van der Waals surface area contributed by atoms with Crippen LogP contribution in [0.4, 0.5) is 0 Å². The number of hydrogen-bond donors (Lipinski definition) is 1. The van der Waals surface area contributed by atoms with Gasteiger partial charge in [-0.2, -0.15) is 0 Å². The molecule has 0 bridgehead atoms. The van der Waals surface area contributed by atoms with E-state index in [1.807, 2.05) is 6.08 Å². The van der Waals surface area contributed by atoms with E-state index < -0.39 is 0 Å². The minimum absolute atomic E-state index is 0.459. The van der Waals surface area contributed by atoms with E-state index in [1.165, 1.54) is 17.6 Å². The second-order valence-corrected chi connectivity index (χ2v) is 3.95. The second kappa shape index (κ2) is 9.41. The van der Waals surface area contributed by atoms with Gasteiger partial charge < -0.3 is 5.32 Å². The smallest absolute Gasteiger partial charge is 0.0320 e. The van der Waals surface area contributed by atoms with Crippen molar-refractivity contribution in [1.82, 2.24) is 5.32 Å². The quantitative estimate of drug-likeness (QED) is 0.605. The van der Waals surface area contributed by atoms with Gasteiger partial charge >= 0.3 is 0 Å². The molecule has 0 heterocycles. The molecule has 0 amide bonds. The lowest BCUT2D eigenvalue weighted by Crippen LogP contribution is -2.30. The number of rotatable bonds is 8. The van der Waals surface area contributed by atoms with Gasteiger partial charge in [-0.3, -0.25) is 0 Å². The van der Waals surface area contributed by atoms with Crippen molar-refractivity contribution in [2.24, 2.45) is 0 Å². The van der Waals surface area contributed by atoms with Crippen molar-refractivity contribution in [2.75, 3.05) is 6.54 Å². The Hall–Kier alpha value is -0.820. The standard InChI is InChI=1S/C15H27N/c1-6-11-13(8-3)14(12-7-2)15(9-4)16-10-5/h7-8,12,15-16H,3,6,9-11H2,1-2,4-5H3/b12-7-,14-13-. The van der Waals surface area contributed by atoms with Gasteiger partial charge in [-0.05, 0) is 37.5 Å². The molecule has 0 rings (SSSR count). The summed E-state index contributed by atoms with van der Waals surface area (Å²) < 4.78 is 0. The topological polar surface area (TPSA) is 12.0 Å². The highest BCUT2D eigenvalue weighted by molar-refractivity contribution is 5.36. The summed E-state index contributed by atoms with van der Waals surface area (Å²) in [6.07, 6.45) is 9.77. The van der Waals surface area contributed by atoms with Crippen LogP contribution in [0.3, 0.4) is 0 Å². The average molecular weight is 221 g/mol. The van der Waals surface area contributed by atoms with Crippen LogP contribution in [-0.2, 0) is 0 Å². The second-order valence-electron chi connectivity index (χ2n) is 3.95. The van der Waals surface area contributed by atoms with Crippen molar-refractivity contribution < 1.29 is 0 Å². The maximum absolute atomic E-state index is 3.94. The summed E-state index contributed by atoms with van der Waals surface area (Å²) in [5, 5.41) is 3.53. The summed E-state index contributed by atoms with van der Waals surface area (Å²) in [5.41, 5.74) is 2.79. The fourth-order valence-corrected chi connectivity index (χ4v) is 1.98. The Morgan fingerprint density at radius 1 is 1.31 bits per heavy atom. The Morgan fingerprint density at radius 2 is 2.00 bits per heavy atom. The molecule has 0 aliphatic carbocycles. The van der Waals surface area contributed by atoms with Crippen molar-refractivity contribution in [1.29, 1.82) is 0 Å². The van der Waals surface area contributed by atoms with Gasteiger partial charge in [-0.1, -0.05) is 52.0 Å². The lowest BCUT2D eigenvalue weighted by atomic mass is 9.95. The Bertz CT molecular complexity index is 248. The predicted octanol–water partition coefficient (Wildman–Crippen LogP) is 4.23. The van der Waals surface area contributed by atoms with E-state index in [-0.39, 0.29) is 0 Å². The average Bonchev–Trinajstić information content (AvgIpc) is 2.31. The van der Waals surface area contributed by atoms with Gasteiger partial charge in [0.25, 0.3) is 0 Å². The number of allylic oxidation sites excluding steroid dienone is 3. The third kappa shape index (κ3) is 4.80. The SMILES string of the molecule is C=C/C(CCC)=C(\C=C/C)C(CC)NCC. The first kappa shape index (κ1) is 15.2. The summed E-state index contributed by atoms with van der Waals surface area (Å²) in [6.45, 7) is 13.6. The van der Waals surface area contributed by atoms with Gasteiger partial charge in [0.15, 0.2) is 0 Å². The third-order valence-corrected chi connectivity index (χ3v) is 2.72. The minimum atomic E-state index is 0.459. The van der Waals surface area contributed by atoms with Gasteiger partial charge in [0.1, 0.15) is 0 Å². The molecule has 0 saturated heterocycles. The monoisotopic (exact) mass is 221 g/mol. The molecule has 0 aromatic rings. The fraction of sp³-hybridized carbons (Fsp3) is 0.600. The third-order valence-electron chi connectivity index (χ3n) is 2.72. The van der Waals surface area contributed by atoms with Gasteiger partial charge in [0, 0.05) is 6.04 Å². The molecule has 1 nitrogen and oxygen atoms in total. The molecule has 16 heavy (non-hydrogen) atoms. The van der Waals surface area contributed by atoms with Crippen LogP contribution in [0.25, 0.3) is 0 Å². The lowest BCUT2D eigenvalue weighted by molar-refractivity contribution is 0.577. The zero-order valence-electron chi connectivity index (χ0n) is 11.3. The first-order chi connectivity index (χ1) is 7.74. The number of hydrogen-bond acceptors (Lipinski definition) is 1. The molecule has 0 aromatic carbocycles. The highest BCUT2D eigenvalue weighted by atomic mass is 14.9. The first-order valence-corrected chi connectivity index (χ1v) is 6.46. The molecule has 1 heteroatoms. The van der Waals surface area contributed by atoms with E-state index in [0.29, 0.717) is 6.04 Å². The molecule has 0 aromatic heterocycles.